The van der Waals surface area contributed by atoms with Crippen molar-refractivity contribution in [3.8, 4) is 11.5 Å². The van der Waals surface area contributed by atoms with Gasteiger partial charge in [-0.1, -0.05) is 30.7 Å². The monoisotopic (exact) mass is 299 g/mol. The number of nitrogens with zero attached hydrogens (tertiary/aromatic N) is 1. The molecule has 1 fully saturated rings. The van der Waals surface area contributed by atoms with E-state index in [1.165, 1.54) is 7.11 Å². The molecule has 0 atom stereocenters. The lowest BCUT2D eigenvalue weighted by Crippen LogP contribution is -2.37. The molecule has 1 heterocycles. The van der Waals surface area contributed by atoms with Crippen LogP contribution in [0.3, 0.4) is 0 Å². The average Bonchev–Trinajstić information content (AvgIpc) is 2.41. The zero-order valence-electron chi connectivity index (χ0n) is 11.1. The first-order valence-corrected chi connectivity index (χ1v) is 7.17. The van der Waals surface area contributed by atoms with Gasteiger partial charge in [-0.05, 0) is 30.9 Å². The van der Waals surface area contributed by atoms with Gasteiger partial charge < -0.3 is 14.7 Å². The summed E-state index contributed by atoms with van der Waals surface area (Å²) < 4.78 is 5.11. The number of halogens is 1. The van der Waals surface area contributed by atoms with Crippen molar-refractivity contribution in [3.05, 3.63) is 22.7 Å². The molecule has 0 aromatic heterocycles. The first-order chi connectivity index (χ1) is 9.02. The number of hydrogen-bond acceptors (Lipinski definition) is 3. The predicted molar refractivity (Wildman–Crippen MR) is 81.3 cm³/mol. The highest BCUT2D eigenvalue weighted by Gasteiger charge is 2.20. The van der Waals surface area contributed by atoms with E-state index in [1.54, 1.807) is 12.1 Å². The van der Waals surface area contributed by atoms with Crippen LogP contribution in [0.2, 0.25) is 5.02 Å². The van der Waals surface area contributed by atoms with Crippen molar-refractivity contribution in [3.63, 3.8) is 0 Å². The second-order valence-electron chi connectivity index (χ2n) is 4.98. The second-order valence-corrected chi connectivity index (χ2v) is 5.78. The molecule has 0 unspecified atom stereocenters. The van der Waals surface area contributed by atoms with Gasteiger partial charge in [-0.25, -0.2) is 0 Å². The SMILES string of the molecule is COc1cc(C(=S)N2CCC(C)CC2)cc(Cl)c1O. The van der Waals surface area contributed by atoms with Crippen molar-refractivity contribution in [1.82, 2.24) is 4.90 Å². The number of ether oxygens (including phenoxy) is 1. The van der Waals surface area contributed by atoms with Gasteiger partial charge in [0, 0.05) is 18.7 Å². The maximum Gasteiger partial charge on any atom is 0.176 e. The van der Waals surface area contributed by atoms with Crippen LogP contribution in [0.5, 0.6) is 11.5 Å². The van der Waals surface area contributed by atoms with Crippen LogP contribution in [0.4, 0.5) is 0 Å². The molecule has 0 bridgehead atoms. The predicted octanol–water partition coefficient (Wildman–Crippen LogP) is 3.46. The molecule has 1 aliphatic heterocycles. The number of aromatic hydroxyl groups is 1. The lowest BCUT2D eigenvalue weighted by molar-refractivity contribution is 0.284. The van der Waals surface area contributed by atoms with Crippen LogP contribution in [0, 0.1) is 5.92 Å². The van der Waals surface area contributed by atoms with E-state index < -0.39 is 0 Å². The Kier molecular flexibility index (Phi) is 4.53. The van der Waals surface area contributed by atoms with Gasteiger partial charge in [-0.2, -0.15) is 0 Å². The summed E-state index contributed by atoms with van der Waals surface area (Å²) in [6, 6.07) is 3.43. The Hall–Kier alpha value is -1.00. The number of piperidine rings is 1. The van der Waals surface area contributed by atoms with E-state index in [2.05, 4.69) is 11.8 Å². The Balaban J connectivity index is 2.22. The van der Waals surface area contributed by atoms with Crippen LogP contribution in [0.25, 0.3) is 0 Å². The third-order valence-electron chi connectivity index (χ3n) is 3.57. The Bertz CT molecular complexity index is 485. The minimum atomic E-state index is -0.0389. The highest BCUT2D eigenvalue weighted by atomic mass is 35.5. The third kappa shape index (κ3) is 3.12. The molecule has 19 heavy (non-hydrogen) atoms. The molecule has 0 saturated carbocycles. The van der Waals surface area contributed by atoms with Gasteiger partial charge in [0.05, 0.1) is 12.1 Å². The largest absolute Gasteiger partial charge is 0.503 e. The Morgan fingerprint density at radius 3 is 2.63 bits per heavy atom. The van der Waals surface area contributed by atoms with Crippen LogP contribution >= 0.6 is 23.8 Å². The molecule has 5 heteroatoms. The smallest absolute Gasteiger partial charge is 0.176 e. The summed E-state index contributed by atoms with van der Waals surface area (Å²) in [5.41, 5.74) is 0.823. The number of rotatable bonds is 2. The number of phenolic OH excluding ortho intramolecular Hbond substituents is 1. The fourth-order valence-corrected chi connectivity index (χ4v) is 2.76. The Morgan fingerprint density at radius 2 is 2.05 bits per heavy atom. The van der Waals surface area contributed by atoms with Gasteiger partial charge in [0.15, 0.2) is 11.5 Å². The third-order valence-corrected chi connectivity index (χ3v) is 4.35. The van der Waals surface area contributed by atoms with Crippen LogP contribution in [-0.4, -0.2) is 35.2 Å². The summed E-state index contributed by atoms with van der Waals surface area (Å²) in [5, 5.41) is 10.0. The lowest BCUT2D eigenvalue weighted by Gasteiger charge is -2.32. The van der Waals surface area contributed by atoms with Crippen LogP contribution < -0.4 is 4.74 Å². The van der Waals surface area contributed by atoms with E-state index in [-0.39, 0.29) is 10.8 Å². The maximum atomic E-state index is 9.74. The molecule has 3 nitrogen and oxygen atoms in total. The van der Waals surface area contributed by atoms with E-state index in [0.29, 0.717) is 5.75 Å². The average molecular weight is 300 g/mol. The molecule has 1 aromatic rings. The first kappa shape index (κ1) is 14.4. The van der Waals surface area contributed by atoms with Gasteiger partial charge in [0.25, 0.3) is 0 Å². The van der Waals surface area contributed by atoms with Crippen molar-refractivity contribution < 1.29 is 9.84 Å². The molecule has 0 amide bonds. The summed E-state index contributed by atoms with van der Waals surface area (Å²) in [6.45, 7) is 4.21. The van der Waals surface area contributed by atoms with Gasteiger partial charge in [0.2, 0.25) is 0 Å². The quantitative estimate of drug-likeness (QED) is 0.848. The number of likely N-dealkylation sites (tertiary alicyclic amines) is 1. The number of benzene rings is 1. The first-order valence-electron chi connectivity index (χ1n) is 6.38. The summed E-state index contributed by atoms with van der Waals surface area (Å²) in [4.78, 5) is 2.96. The molecule has 0 aliphatic carbocycles. The normalized spacial score (nSPS) is 16.5. The molecular formula is C14H18ClNO2S. The standard InChI is InChI=1S/C14H18ClNO2S/c1-9-3-5-16(6-4-9)14(19)10-7-11(15)13(17)12(8-10)18-2/h7-9,17H,3-6H2,1-2H3. The summed E-state index contributed by atoms with van der Waals surface area (Å²) in [5.74, 6) is 1.08. The van der Waals surface area contributed by atoms with Crippen LogP contribution in [0.1, 0.15) is 25.3 Å². The Labute approximate surface area is 124 Å². The lowest BCUT2D eigenvalue weighted by atomic mass is 9.99. The van der Waals surface area contributed by atoms with Crippen LogP contribution in [0.15, 0.2) is 12.1 Å². The number of phenols is 1. The molecule has 0 radical (unpaired) electrons. The van der Waals surface area contributed by atoms with E-state index >= 15 is 0 Å². The van der Waals surface area contributed by atoms with Crippen LogP contribution in [-0.2, 0) is 0 Å². The highest BCUT2D eigenvalue weighted by molar-refractivity contribution is 7.80. The molecule has 104 valence electrons. The Morgan fingerprint density at radius 1 is 1.42 bits per heavy atom. The van der Waals surface area contributed by atoms with E-state index in [0.717, 1.165) is 42.4 Å². The fourth-order valence-electron chi connectivity index (χ4n) is 2.25. The van der Waals surface area contributed by atoms with Crippen molar-refractivity contribution in [1.29, 1.82) is 0 Å². The van der Waals surface area contributed by atoms with Crippen molar-refractivity contribution >= 4 is 28.8 Å². The molecule has 0 spiro atoms. The van der Waals surface area contributed by atoms with Crippen molar-refractivity contribution in [2.75, 3.05) is 20.2 Å². The van der Waals surface area contributed by atoms with Crippen molar-refractivity contribution in [2.45, 2.75) is 19.8 Å². The minimum absolute atomic E-state index is 0.0389. The molecular weight excluding hydrogens is 282 g/mol. The number of hydrogen-bond donors (Lipinski definition) is 1. The topological polar surface area (TPSA) is 32.7 Å². The van der Waals surface area contributed by atoms with Gasteiger partial charge >= 0.3 is 0 Å². The molecule has 1 N–H and O–H groups in total. The van der Waals surface area contributed by atoms with Gasteiger partial charge in [-0.3, -0.25) is 0 Å². The highest BCUT2D eigenvalue weighted by Crippen LogP contribution is 2.35. The molecule has 1 saturated heterocycles. The fraction of sp³-hybridized carbons (Fsp3) is 0.500. The summed E-state index contributed by atoms with van der Waals surface area (Å²) >= 11 is 11.5. The van der Waals surface area contributed by atoms with E-state index in [4.69, 9.17) is 28.6 Å². The molecule has 2 rings (SSSR count). The minimum Gasteiger partial charge on any atom is -0.503 e. The molecule has 1 aliphatic rings. The van der Waals surface area contributed by atoms with E-state index in [9.17, 15) is 5.11 Å². The zero-order chi connectivity index (χ0) is 14.0. The van der Waals surface area contributed by atoms with E-state index in [1.807, 2.05) is 0 Å². The summed E-state index contributed by atoms with van der Waals surface area (Å²) in [6.07, 6.45) is 2.31. The number of thiocarbonyl (C=S) groups is 1. The zero-order valence-corrected chi connectivity index (χ0v) is 12.7. The second kappa shape index (κ2) is 5.97. The number of methoxy groups -OCH3 is 1. The maximum absolute atomic E-state index is 9.74. The van der Waals surface area contributed by atoms with Gasteiger partial charge in [0.1, 0.15) is 4.99 Å². The molecule has 1 aromatic carbocycles. The van der Waals surface area contributed by atoms with Crippen molar-refractivity contribution in [2.24, 2.45) is 5.92 Å². The van der Waals surface area contributed by atoms with Gasteiger partial charge in [-0.15, -0.1) is 0 Å². The summed E-state index contributed by atoms with van der Waals surface area (Å²) in [7, 11) is 1.50.